The monoisotopic (exact) mass is 162 g/mol. The minimum atomic E-state index is 1.03. The van der Waals surface area contributed by atoms with Crippen LogP contribution in [0.2, 0.25) is 0 Å². The molecule has 1 aromatic carbocycles. The van der Waals surface area contributed by atoms with Crippen LogP contribution >= 0.6 is 11.3 Å². The number of aromatic nitrogens is 1. The van der Waals surface area contributed by atoms with E-state index >= 15 is 0 Å². The number of benzene rings is 1. The Kier molecular flexibility index (Phi) is 1.43. The van der Waals surface area contributed by atoms with Crippen LogP contribution in [0.25, 0.3) is 10.2 Å². The molecule has 1 radical (unpaired) electrons. The van der Waals surface area contributed by atoms with Crippen molar-refractivity contribution in [2.24, 2.45) is 0 Å². The summed E-state index contributed by atoms with van der Waals surface area (Å²) in [5, 5.41) is 1.12. The number of fused-ring (bicyclic) bond motifs is 1. The van der Waals surface area contributed by atoms with Gasteiger partial charge in [-0.1, -0.05) is 6.07 Å². The van der Waals surface area contributed by atoms with Gasteiger partial charge in [0.25, 0.3) is 0 Å². The molecule has 2 aromatic rings. The Labute approximate surface area is 69.7 Å². The van der Waals surface area contributed by atoms with Crippen LogP contribution in [0, 0.1) is 13.8 Å². The Morgan fingerprint density at radius 2 is 2.27 bits per heavy atom. The highest BCUT2D eigenvalue weighted by molar-refractivity contribution is 7.18. The van der Waals surface area contributed by atoms with Gasteiger partial charge in [-0.15, -0.1) is 11.3 Å². The number of thiazole rings is 1. The van der Waals surface area contributed by atoms with E-state index in [4.69, 9.17) is 0 Å². The number of nitrogens with zero attached hydrogens (tertiary/aromatic N) is 1. The van der Waals surface area contributed by atoms with Gasteiger partial charge in [0.15, 0.2) is 0 Å². The molecule has 0 fully saturated rings. The SMILES string of the molecule is [CH2]c1ccc2sc(C)nc2c1. The summed E-state index contributed by atoms with van der Waals surface area (Å²) >= 11 is 1.72. The van der Waals surface area contributed by atoms with E-state index in [1.165, 1.54) is 4.70 Å². The topological polar surface area (TPSA) is 12.9 Å². The van der Waals surface area contributed by atoms with Crippen LogP contribution in [0.5, 0.6) is 0 Å². The molecule has 2 heteroatoms. The Morgan fingerprint density at radius 1 is 1.45 bits per heavy atom. The normalized spacial score (nSPS) is 10.7. The van der Waals surface area contributed by atoms with Crippen molar-refractivity contribution in [3.63, 3.8) is 0 Å². The van der Waals surface area contributed by atoms with E-state index in [9.17, 15) is 0 Å². The largest absolute Gasteiger partial charge is 0.242 e. The van der Waals surface area contributed by atoms with Crippen LogP contribution in [-0.4, -0.2) is 4.98 Å². The second-order valence-corrected chi connectivity index (χ2v) is 3.77. The van der Waals surface area contributed by atoms with E-state index in [0.717, 1.165) is 16.1 Å². The van der Waals surface area contributed by atoms with Crippen LogP contribution in [0.1, 0.15) is 10.6 Å². The zero-order valence-electron chi connectivity index (χ0n) is 6.29. The molecule has 1 aromatic heterocycles. The van der Waals surface area contributed by atoms with E-state index < -0.39 is 0 Å². The standard InChI is InChI=1S/C9H8NS/c1-6-3-4-9-8(5-6)10-7(2)11-9/h3-5H,1H2,2H3. The fraction of sp³-hybridized carbons (Fsp3) is 0.111. The first-order valence-corrected chi connectivity index (χ1v) is 4.26. The van der Waals surface area contributed by atoms with Crippen molar-refractivity contribution in [3.05, 3.63) is 35.7 Å². The Balaban J connectivity index is 2.82. The maximum Gasteiger partial charge on any atom is 0.0907 e. The van der Waals surface area contributed by atoms with E-state index in [-0.39, 0.29) is 0 Å². The highest BCUT2D eigenvalue weighted by Gasteiger charge is 1.98. The number of hydrogen-bond donors (Lipinski definition) is 0. The van der Waals surface area contributed by atoms with Gasteiger partial charge in [0.2, 0.25) is 0 Å². The third-order valence-electron chi connectivity index (χ3n) is 1.56. The molecule has 0 saturated carbocycles. The molecule has 1 nitrogen and oxygen atoms in total. The van der Waals surface area contributed by atoms with Crippen LogP contribution in [0.15, 0.2) is 18.2 Å². The lowest BCUT2D eigenvalue weighted by molar-refractivity contribution is 1.34. The Bertz CT molecular complexity index is 389. The fourth-order valence-corrected chi connectivity index (χ4v) is 1.90. The third kappa shape index (κ3) is 1.14. The maximum atomic E-state index is 4.35. The number of rotatable bonds is 0. The molecular weight excluding hydrogens is 154 g/mol. The first-order chi connectivity index (χ1) is 5.25. The molecule has 0 aliphatic carbocycles. The zero-order chi connectivity index (χ0) is 7.84. The average molecular weight is 162 g/mol. The van der Waals surface area contributed by atoms with Gasteiger partial charge in [-0.2, -0.15) is 0 Å². The van der Waals surface area contributed by atoms with Crippen molar-refractivity contribution in [1.82, 2.24) is 4.98 Å². The van der Waals surface area contributed by atoms with Gasteiger partial charge in [-0.25, -0.2) is 4.98 Å². The minimum Gasteiger partial charge on any atom is -0.242 e. The third-order valence-corrected chi connectivity index (χ3v) is 2.51. The lowest BCUT2D eigenvalue weighted by Gasteiger charge is -1.88. The summed E-state index contributed by atoms with van der Waals surface area (Å²) in [6, 6.07) is 6.10. The zero-order valence-corrected chi connectivity index (χ0v) is 7.11. The van der Waals surface area contributed by atoms with Crippen LogP contribution < -0.4 is 0 Å². The van der Waals surface area contributed by atoms with Gasteiger partial charge in [0.05, 0.1) is 15.2 Å². The smallest absolute Gasteiger partial charge is 0.0907 e. The molecule has 0 amide bonds. The molecule has 0 N–H and O–H groups in total. The minimum absolute atomic E-state index is 1.03. The molecule has 0 bridgehead atoms. The van der Waals surface area contributed by atoms with Gasteiger partial charge in [-0.3, -0.25) is 0 Å². The Morgan fingerprint density at radius 3 is 3.09 bits per heavy atom. The molecule has 0 spiro atoms. The number of hydrogen-bond acceptors (Lipinski definition) is 2. The highest BCUT2D eigenvalue weighted by Crippen LogP contribution is 2.21. The Hall–Kier alpha value is -0.890. The molecule has 0 aliphatic rings. The van der Waals surface area contributed by atoms with Gasteiger partial charge < -0.3 is 0 Å². The van der Waals surface area contributed by atoms with Crippen LogP contribution in [0.3, 0.4) is 0 Å². The molecule has 0 saturated heterocycles. The second kappa shape index (κ2) is 2.31. The van der Waals surface area contributed by atoms with Crippen LogP contribution in [0.4, 0.5) is 0 Å². The summed E-state index contributed by atoms with van der Waals surface area (Å²) in [6.07, 6.45) is 0. The molecule has 2 rings (SSSR count). The van der Waals surface area contributed by atoms with Gasteiger partial charge in [0.1, 0.15) is 0 Å². The van der Waals surface area contributed by atoms with Crippen molar-refractivity contribution in [2.75, 3.05) is 0 Å². The summed E-state index contributed by atoms with van der Waals surface area (Å²) in [5.41, 5.74) is 2.10. The van der Waals surface area contributed by atoms with E-state index in [0.29, 0.717) is 0 Å². The summed E-state index contributed by atoms with van der Waals surface area (Å²) in [5.74, 6) is 0. The van der Waals surface area contributed by atoms with E-state index in [1.54, 1.807) is 11.3 Å². The van der Waals surface area contributed by atoms with Crippen molar-refractivity contribution >= 4 is 21.6 Å². The lowest BCUT2D eigenvalue weighted by atomic mass is 10.2. The molecule has 11 heavy (non-hydrogen) atoms. The highest BCUT2D eigenvalue weighted by atomic mass is 32.1. The summed E-state index contributed by atoms with van der Waals surface area (Å²) < 4.78 is 1.25. The van der Waals surface area contributed by atoms with Gasteiger partial charge in [0, 0.05) is 0 Å². The van der Waals surface area contributed by atoms with Crippen molar-refractivity contribution in [2.45, 2.75) is 6.92 Å². The molecule has 1 heterocycles. The fourth-order valence-electron chi connectivity index (χ4n) is 1.09. The molecule has 0 atom stereocenters. The van der Waals surface area contributed by atoms with Crippen molar-refractivity contribution < 1.29 is 0 Å². The van der Waals surface area contributed by atoms with Crippen molar-refractivity contribution in [1.29, 1.82) is 0 Å². The van der Waals surface area contributed by atoms with E-state index in [1.807, 2.05) is 19.1 Å². The lowest BCUT2D eigenvalue weighted by Crippen LogP contribution is -1.71. The molecule has 0 unspecified atom stereocenters. The predicted molar refractivity (Wildman–Crippen MR) is 48.8 cm³/mol. The maximum absolute atomic E-state index is 4.35. The summed E-state index contributed by atoms with van der Waals surface area (Å²) in [6.45, 7) is 5.87. The van der Waals surface area contributed by atoms with Crippen LogP contribution in [-0.2, 0) is 0 Å². The quantitative estimate of drug-likeness (QED) is 0.580. The number of aryl methyl sites for hydroxylation is 1. The second-order valence-electron chi connectivity index (χ2n) is 2.53. The van der Waals surface area contributed by atoms with Gasteiger partial charge >= 0.3 is 0 Å². The van der Waals surface area contributed by atoms with E-state index in [2.05, 4.69) is 18.0 Å². The molecule has 55 valence electrons. The first-order valence-electron chi connectivity index (χ1n) is 3.45. The molecular formula is C9H8NS. The first kappa shape index (κ1) is 6.80. The average Bonchev–Trinajstić information content (AvgIpc) is 2.27. The predicted octanol–water partition coefficient (Wildman–Crippen LogP) is 2.79. The molecule has 0 aliphatic heterocycles. The summed E-state index contributed by atoms with van der Waals surface area (Å²) in [7, 11) is 0. The van der Waals surface area contributed by atoms with Gasteiger partial charge in [-0.05, 0) is 31.5 Å². The van der Waals surface area contributed by atoms with Crippen molar-refractivity contribution in [3.8, 4) is 0 Å². The summed E-state index contributed by atoms with van der Waals surface area (Å²) in [4.78, 5) is 4.35.